The van der Waals surface area contributed by atoms with E-state index in [1.807, 2.05) is 24.3 Å². The average Bonchev–Trinajstić information content (AvgIpc) is 3.43. The third kappa shape index (κ3) is 3.22. The van der Waals surface area contributed by atoms with Gasteiger partial charge in [0.15, 0.2) is 0 Å². The van der Waals surface area contributed by atoms with Crippen molar-refractivity contribution < 1.29 is 19.4 Å². The van der Waals surface area contributed by atoms with E-state index in [1.54, 1.807) is 38.3 Å². The third-order valence-electron chi connectivity index (χ3n) is 4.82. The fourth-order valence-electron chi connectivity index (χ4n) is 3.06. The lowest BCUT2D eigenvalue weighted by Crippen LogP contribution is -2.28. The smallest absolute Gasteiger partial charge is 0.310 e. The van der Waals surface area contributed by atoms with Gasteiger partial charge in [0.05, 0.1) is 18.4 Å². The summed E-state index contributed by atoms with van der Waals surface area (Å²) in [5.74, 6) is -0.891. The van der Waals surface area contributed by atoms with Crippen LogP contribution in [0.2, 0.25) is 0 Å². The van der Waals surface area contributed by atoms with Crippen molar-refractivity contribution in [2.24, 2.45) is 0 Å². The van der Waals surface area contributed by atoms with Crippen molar-refractivity contribution in [1.29, 1.82) is 0 Å². The van der Waals surface area contributed by atoms with E-state index in [-0.39, 0.29) is 5.91 Å². The SMILES string of the molecule is COc1ccccc1C1(C(=O)Nc2cccc(C(C)C(=O)O)c2)CC1. The van der Waals surface area contributed by atoms with Crippen LogP contribution in [0, 0.1) is 0 Å². The number of carboxylic acid groups (broad SMARTS) is 1. The maximum Gasteiger partial charge on any atom is 0.310 e. The number of carbonyl (C=O) groups excluding carboxylic acids is 1. The van der Waals surface area contributed by atoms with Gasteiger partial charge in [-0.05, 0) is 43.5 Å². The van der Waals surface area contributed by atoms with Crippen LogP contribution >= 0.6 is 0 Å². The van der Waals surface area contributed by atoms with Gasteiger partial charge in [0.2, 0.25) is 5.91 Å². The monoisotopic (exact) mass is 339 g/mol. The molecule has 5 heteroatoms. The number of nitrogens with one attached hydrogen (secondary N) is 1. The fraction of sp³-hybridized carbons (Fsp3) is 0.300. The largest absolute Gasteiger partial charge is 0.496 e. The van der Waals surface area contributed by atoms with Gasteiger partial charge in [-0.2, -0.15) is 0 Å². The molecule has 0 aliphatic heterocycles. The highest BCUT2D eigenvalue weighted by molar-refractivity contribution is 6.02. The van der Waals surface area contributed by atoms with Crippen LogP contribution in [0.5, 0.6) is 5.75 Å². The first-order valence-corrected chi connectivity index (χ1v) is 8.25. The molecule has 0 aromatic heterocycles. The molecule has 25 heavy (non-hydrogen) atoms. The van der Waals surface area contributed by atoms with Gasteiger partial charge in [-0.1, -0.05) is 30.3 Å². The number of hydrogen-bond donors (Lipinski definition) is 2. The topological polar surface area (TPSA) is 75.6 Å². The Morgan fingerprint density at radius 2 is 1.88 bits per heavy atom. The summed E-state index contributed by atoms with van der Waals surface area (Å²) in [6, 6.07) is 14.6. The van der Waals surface area contributed by atoms with E-state index < -0.39 is 17.3 Å². The zero-order valence-electron chi connectivity index (χ0n) is 14.3. The highest BCUT2D eigenvalue weighted by Gasteiger charge is 2.52. The Morgan fingerprint density at radius 1 is 1.16 bits per heavy atom. The Labute approximate surface area is 146 Å². The second kappa shape index (κ2) is 6.59. The zero-order chi connectivity index (χ0) is 18.0. The minimum atomic E-state index is -0.892. The lowest BCUT2D eigenvalue weighted by molar-refractivity contribution is -0.138. The van der Waals surface area contributed by atoms with E-state index in [2.05, 4.69) is 5.32 Å². The molecular weight excluding hydrogens is 318 g/mol. The number of anilines is 1. The molecule has 1 aliphatic carbocycles. The molecule has 5 nitrogen and oxygen atoms in total. The first-order chi connectivity index (χ1) is 12.0. The molecule has 0 spiro atoms. The molecule has 1 fully saturated rings. The van der Waals surface area contributed by atoms with Crippen LogP contribution in [0.15, 0.2) is 48.5 Å². The summed E-state index contributed by atoms with van der Waals surface area (Å²) in [7, 11) is 1.60. The highest BCUT2D eigenvalue weighted by atomic mass is 16.5. The molecule has 2 aromatic rings. The number of methoxy groups -OCH3 is 1. The number of rotatable bonds is 6. The van der Waals surface area contributed by atoms with Gasteiger partial charge in [-0.3, -0.25) is 9.59 Å². The Balaban J connectivity index is 1.83. The molecule has 0 saturated heterocycles. The number of para-hydroxylation sites is 1. The van der Waals surface area contributed by atoms with Gasteiger partial charge in [-0.15, -0.1) is 0 Å². The summed E-state index contributed by atoms with van der Waals surface area (Å²) in [6.07, 6.45) is 1.54. The lowest BCUT2D eigenvalue weighted by Gasteiger charge is -2.19. The van der Waals surface area contributed by atoms with Crippen LogP contribution in [-0.4, -0.2) is 24.1 Å². The number of hydrogen-bond acceptors (Lipinski definition) is 3. The number of benzene rings is 2. The summed E-state index contributed by atoms with van der Waals surface area (Å²) in [5, 5.41) is 12.1. The Hall–Kier alpha value is -2.82. The van der Waals surface area contributed by atoms with Gasteiger partial charge in [-0.25, -0.2) is 0 Å². The molecule has 0 heterocycles. The predicted molar refractivity (Wildman–Crippen MR) is 95.0 cm³/mol. The average molecular weight is 339 g/mol. The Bertz CT molecular complexity index is 811. The Kier molecular flexibility index (Phi) is 4.49. The number of carboxylic acids is 1. The van der Waals surface area contributed by atoms with Crippen molar-refractivity contribution in [2.75, 3.05) is 12.4 Å². The molecule has 1 saturated carbocycles. The van der Waals surface area contributed by atoms with Crippen LogP contribution in [0.3, 0.4) is 0 Å². The van der Waals surface area contributed by atoms with E-state index in [4.69, 9.17) is 9.84 Å². The molecular formula is C20H21NO4. The van der Waals surface area contributed by atoms with Crippen LogP contribution < -0.4 is 10.1 Å². The molecule has 1 aliphatic rings. The van der Waals surface area contributed by atoms with Crippen LogP contribution in [-0.2, 0) is 15.0 Å². The quantitative estimate of drug-likeness (QED) is 0.844. The van der Waals surface area contributed by atoms with Crippen molar-refractivity contribution >= 4 is 17.6 Å². The molecule has 130 valence electrons. The maximum atomic E-state index is 12.9. The molecule has 0 radical (unpaired) electrons. The molecule has 0 bridgehead atoms. The second-order valence-electron chi connectivity index (χ2n) is 6.42. The summed E-state index contributed by atoms with van der Waals surface area (Å²) < 4.78 is 5.40. The van der Waals surface area contributed by atoms with Gasteiger partial charge >= 0.3 is 5.97 Å². The van der Waals surface area contributed by atoms with Gasteiger partial charge in [0.1, 0.15) is 5.75 Å². The molecule has 2 aromatic carbocycles. The first-order valence-electron chi connectivity index (χ1n) is 8.25. The highest BCUT2D eigenvalue weighted by Crippen LogP contribution is 2.52. The number of aliphatic carboxylic acids is 1. The number of carbonyl (C=O) groups is 2. The summed E-state index contributed by atoms with van der Waals surface area (Å²) >= 11 is 0. The van der Waals surface area contributed by atoms with Gasteiger partial charge in [0, 0.05) is 11.3 Å². The number of amides is 1. The molecule has 3 rings (SSSR count). The van der Waals surface area contributed by atoms with Crippen molar-refractivity contribution in [2.45, 2.75) is 31.1 Å². The van der Waals surface area contributed by atoms with Gasteiger partial charge < -0.3 is 15.2 Å². The van der Waals surface area contributed by atoms with E-state index in [0.29, 0.717) is 17.0 Å². The zero-order valence-corrected chi connectivity index (χ0v) is 14.3. The minimum absolute atomic E-state index is 0.0860. The fourth-order valence-corrected chi connectivity index (χ4v) is 3.06. The summed E-state index contributed by atoms with van der Waals surface area (Å²) in [5.41, 5.74) is 1.59. The van der Waals surface area contributed by atoms with Crippen LogP contribution in [0.4, 0.5) is 5.69 Å². The van der Waals surface area contributed by atoms with Crippen molar-refractivity contribution in [3.63, 3.8) is 0 Å². The molecule has 1 unspecified atom stereocenters. The standard InChI is InChI=1S/C20H21NO4/c1-13(18(22)23)14-6-5-7-15(12-14)21-19(24)20(10-11-20)16-8-3-4-9-17(16)25-2/h3-9,12-13H,10-11H2,1-2H3,(H,21,24)(H,22,23). The van der Waals surface area contributed by atoms with Crippen LogP contribution in [0.1, 0.15) is 36.8 Å². The van der Waals surface area contributed by atoms with Crippen LogP contribution in [0.25, 0.3) is 0 Å². The third-order valence-corrected chi connectivity index (χ3v) is 4.82. The molecule has 2 N–H and O–H groups in total. The van der Waals surface area contributed by atoms with Crippen molar-refractivity contribution in [3.05, 3.63) is 59.7 Å². The van der Waals surface area contributed by atoms with E-state index in [0.717, 1.165) is 18.4 Å². The van der Waals surface area contributed by atoms with Crippen molar-refractivity contribution in [3.8, 4) is 5.75 Å². The normalized spacial score (nSPS) is 15.9. The van der Waals surface area contributed by atoms with E-state index in [9.17, 15) is 9.59 Å². The van der Waals surface area contributed by atoms with Gasteiger partial charge in [0.25, 0.3) is 0 Å². The number of ether oxygens (including phenoxy) is 1. The van der Waals surface area contributed by atoms with E-state index >= 15 is 0 Å². The second-order valence-corrected chi connectivity index (χ2v) is 6.42. The summed E-state index contributed by atoms with van der Waals surface area (Å²) in [4.78, 5) is 24.1. The Morgan fingerprint density at radius 3 is 2.52 bits per heavy atom. The van der Waals surface area contributed by atoms with E-state index in [1.165, 1.54) is 0 Å². The summed E-state index contributed by atoms with van der Waals surface area (Å²) in [6.45, 7) is 1.63. The lowest BCUT2D eigenvalue weighted by atomic mass is 9.93. The molecule has 1 atom stereocenters. The predicted octanol–water partition coefficient (Wildman–Crippen LogP) is 3.55. The minimum Gasteiger partial charge on any atom is -0.496 e. The maximum absolute atomic E-state index is 12.9. The van der Waals surface area contributed by atoms with Crippen molar-refractivity contribution in [1.82, 2.24) is 0 Å². The molecule has 1 amide bonds. The first kappa shape index (κ1) is 17.0.